The molecule has 4 amide bonds. The lowest BCUT2D eigenvalue weighted by molar-refractivity contribution is -0.138. The van der Waals surface area contributed by atoms with Gasteiger partial charge in [-0.25, -0.2) is 11.0 Å². The summed E-state index contributed by atoms with van der Waals surface area (Å²) in [5, 5.41) is 5.65. The van der Waals surface area contributed by atoms with E-state index in [1.54, 1.807) is 0 Å². The molecule has 2 atom stereocenters. The van der Waals surface area contributed by atoms with Gasteiger partial charge in [0, 0.05) is 24.2 Å². The van der Waals surface area contributed by atoms with E-state index in [2.05, 4.69) is 21.6 Å². The Morgan fingerprint density at radius 2 is 0.895 bits per heavy atom. The predicted molar refractivity (Wildman–Crippen MR) is 146 cm³/mol. The second kappa shape index (κ2) is 16.8. The van der Waals surface area contributed by atoms with Crippen LogP contribution in [-0.4, -0.2) is 48.9 Å². The van der Waals surface area contributed by atoms with Crippen LogP contribution in [0.2, 0.25) is 0 Å². The van der Waals surface area contributed by atoms with E-state index < -0.39 is 24.0 Å². The van der Waals surface area contributed by atoms with Gasteiger partial charge in [-0.3, -0.25) is 28.9 Å². The van der Waals surface area contributed by atoms with E-state index in [0.717, 1.165) is 0 Å². The van der Waals surface area contributed by atoms with Crippen molar-refractivity contribution in [1.82, 2.24) is 21.6 Å². The first-order chi connectivity index (χ1) is 17.8. The van der Waals surface area contributed by atoms with Gasteiger partial charge >= 0.3 is 0 Å². The van der Waals surface area contributed by atoms with Gasteiger partial charge in [0.25, 0.3) is 23.6 Å². The van der Waals surface area contributed by atoms with Crippen molar-refractivity contribution in [3.8, 4) is 0 Å². The van der Waals surface area contributed by atoms with E-state index in [4.69, 9.17) is 9.68 Å². The average molecular weight is 535 g/mol. The largest absolute Gasteiger partial charge is 0.354 e. The van der Waals surface area contributed by atoms with Crippen molar-refractivity contribution in [2.45, 2.75) is 80.4 Å². The lowest BCUT2D eigenvalue weighted by atomic mass is 10.1. The normalized spacial score (nSPS) is 12.9. The van der Waals surface area contributed by atoms with Crippen LogP contribution in [-0.2, 0) is 19.3 Å². The molecule has 0 bridgehead atoms. The highest BCUT2D eigenvalue weighted by Gasteiger charge is 2.24. The first-order valence-electron chi connectivity index (χ1n) is 13.4. The molecule has 38 heavy (non-hydrogen) atoms. The maximum Gasteiger partial charge on any atom is 0.274 e. The summed E-state index contributed by atoms with van der Waals surface area (Å²) in [4.78, 5) is 60.9. The highest BCUT2D eigenvalue weighted by atomic mass is 16.7. The molecule has 214 valence electrons. The third-order valence-corrected chi connectivity index (χ3v) is 5.32. The average Bonchev–Trinajstić information content (AvgIpc) is 2.85. The number of carbonyl (C=O) groups excluding carboxylic acids is 4. The van der Waals surface area contributed by atoms with Gasteiger partial charge in [0.05, 0.1) is 0 Å². The Balaban J connectivity index is 2.72. The fourth-order valence-corrected chi connectivity index (χ4v) is 3.25. The van der Waals surface area contributed by atoms with Crippen LogP contribution in [0.5, 0.6) is 0 Å². The van der Waals surface area contributed by atoms with Crippen LogP contribution in [0.1, 0.15) is 88.9 Å². The smallest absolute Gasteiger partial charge is 0.274 e. The summed E-state index contributed by atoms with van der Waals surface area (Å²) >= 11 is 0. The van der Waals surface area contributed by atoms with Crippen LogP contribution < -0.4 is 21.6 Å². The summed E-state index contributed by atoms with van der Waals surface area (Å²) in [6.45, 7) is 16.8. The maximum absolute atomic E-state index is 12.6. The minimum atomic E-state index is -0.823. The van der Waals surface area contributed by atoms with Gasteiger partial charge in [-0.2, -0.15) is 0 Å². The molecule has 4 N–H and O–H groups in total. The van der Waals surface area contributed by atoms with Gasteiger partial charge in [-0.05, 0) is 60.8 Å². The monoisotopic (exact) mass is 534 g/mol. The first kappa shape index (κ1) is 33.0. The summed E-state index contributed by atoms with van der Waals surface area (Å²) in [6, 6.07) is 5.85. The number of hydrogen-bond donors (Lipinski definition) is 4. The van der Waals surface area contributed by atoms with Crippen molar-refractivity contribution < 1.29 is 28.9 Å². The Morgan fingerprint density at radius 1 is 0.579 bits per heavy atom. The van der Waals surface area contributed by atoms with Crippen LogP contribution in [0.15, 0.2) is 24.3 Å². The number of hydrogen-bond acceptors (Lipinski definition) is 6. The molecule has 10 nitrogen and oxygen atoms in total. The molecule has 1 aromatic carbocycles. The number of benzene rings is 1. The van der Waals surface area contributed by atoms with E-state index in [1.807, 2.05) is 55.4 Å². The van der Waals surface area contributed by atoms with Crippen molar-refractivity contribution in [3.63, 3.8) is 0 Å². The minimum Gasteiger partial charge on any atom is -0.354 e. The molecule has 0 aliphatic heterocycles. The SMILES string of the molecule is CC(C)CNC(=O)[C@@H](CC(C)C)ONC(=O)c1ccc(C(=O)NO[C@H](CC(C)C)C(=O)NCC(C)C)cc1. The highest BCUT2D eigenvalue weighted by molar-refractivity contribution is 5.97. The summed E-state index contributed by atoms with van der Waals surface area (Å²) in [7, 11) is 0. The second-order valence-electron chi connectivity index (χ2n) is 11.2. The van der Waals surface area contributed by atoms with Crippen LogP contribution in [0.4, 0.5) is 0 Å². The van der Waals surface area contributed by atoms with Crippen molar-refractivity contribution >= 4 is 23.6 Å². The molecule has 1 rings (SSSR count). The third kappa shape index (κ3) is 13.0. The Hall–Kier alpha value is -2.98. The van der Waals surface area contributed by atoms with Gasteiger partial charge < -0.3 is 10.6 Å². The summed E-state index contributed by atoms with van der Waals surface area (Å²) in [5.41, 5.74) is 5.18. The summed E-state index contributed by atoms with van der Waals surface area (Å²) in [5.74, 6) is -0.710. The zero-order valence-corrected chi connectivity index (χ0v) is 24.1. The standard InChI is InChI=1S/C28H46N4O6/c1-17(2)13-23(27(35)29-15-19(5)6)37-31-25(33)21-9-11-22(12-10-21)26(34)32-38-24(14-18(3)4)28(36)30-16-20(7)8/h9-12,17-20,23-24H,13-16H2,1-8H3,(H,29,35)(H,30,36)(H,31,33)(H,32,34)/t23-,24-/m1/s1. The Kier molecular flexibility index (Phi) is 14.6. The number of nitrogens with one attached hydrogen (secondary N) is 4. The Labute approximate surface area is 226 Å². The molecule has 10 heteroatoms. The van der Waals surface area contributed by atoms with E-state index in [-0.39, 0.29) is 46.6 Å². The first-order valence-corrected chi connectivity index (χ1v) is 13.4. The van der Waals surface area contributed by atoms with Crippen LogP contribution >= 0.6 is 0 Å². The van der Waals surface area contributed by atoms with Crippen molar-refractivity contribution in [2.24, 2.45) is 23.7 Å². The molecule has 0 aliphatic rings. The van der Waals surface area contributed by atoms with E-state index in [9.17, 15) is 19.2 Å². The van der Waals surface area contributed by atoms with Gasteiger partial charge in [0.1, 0.15) is 0 Å². The molecule has 0 aromatic heterocycles. The van der Waals surface area contributed by atoms with Crippen molar-refractivity contribution in [1.29, 1.82) is 0 Å². The summed E-state index contributed by atoms with van der Waals surface area (Å²) < 4.78 is 0. The topological polar surface area (TPSA) is 135 Å². The van der Waals surface area contributed by atoms with E-state index in [1.165, 1.54) is 24.3 Å². The molecule has 0 saturated carbocycles. The van der Waals surface area contributed by atoms with E-state index >= 15 is 0 Å². The molecule has 0 fully saturated rings. The fraction of sp³-hybridized carbons (Fsp3) is 0.643. The molecule has 0 heterocycles. The Bertz CT molecular complexity index is 826. The molecule has 0 radical (unpaired) electrons. The molecule has 0 saturated heterocycles. The maximum atomic E-state index is 12.6. The Morgan fingerprint density at radius 3 is 1.16 bits per heavy atom. The van der Waals surface area contributed by atoms with Crippen molar-refractivity contribution in [3.05, 3.63) is 35.4 Å². The molecule has 0 spiro atoms. The minimum absolute atomic E-state index is 0.183. The lowest BCUT2D eigenvalue weighted by Gasteiger charge is -2.20. The number of carbonyl (C=O) groups is 4. The summed E-state index contributed by atoms with van der Waals surface area (Å²) in [6.07, 6.45) is -0.763. The second-order valence-corrected chi connectivity index (χ2v) is 11.2. The van der Waals surface area contributed by atoms with Crippen LogP contribution in [0.3, 0.4) is 0 Å². The highest BCUT2D eigenvalue weighted by Crippen LogP contribution is 2.11. The molecule has 1 aromatic rings. The molecule has 0 aliphatic carbocycles. The third-order valence-electron chi connectivity index (χ3n) is 5.32. The number of hydroxylamine groups is 2. The number of rotatable bonds is 16. The quantitative estimate of drug-likeness (QED) is 0.240. The lowest BCUT2D eigenvalue weighted by Crippen LogP contribution is -2.43. The molecule has 0 unspecified atom stereocenters. The van der Waals surface area contributed by atoms with Crippen molar-refractivity contribution in [2.75, 3.05) is 13.1 Å². The van der Waals surface area contributed by atoms with Gasteiger partial charge in [0.15, 0.2) is 12.2 Å². The van der Waals surface area contributed by atoms with Gasteiger partial charge in [0.2, 0.25) is 0 Å². The van der Waals surface area contributed by atoms with Gasteiger partial charge in [-0.1, -0.05) is 55.4 Å². The van der Waals surface area contributed by atoms with Crippen LogP contribution in [0.25, 0.3) is 0 Å². The fourth-order valence-electron chi connectivity index (χ4n) is 3.25. The molecular formula is C28H46N4O6. The predicted octanol–water partition coefficient (Wildman–Crippen LogP) is 3.38. The number of amides is 4. The van der Waals surface area contributed by atoms with Gasteiger partial charge in [-0.15, -0.1) is 0 Å². The molecular weight excluding hydrogens is 488 g/mol. The zero-order chi connectivity index (χ0) is 28.8. The van der Waals surface area contributed by atoms with E-state index in [0.29, 0.717) is 25.9 Å². The zero-order valence-electron chi connectivity index (χ0n) is 24.1. The van der Waals surface area contributed by atoms with Crippen LogP contribution in [0, 0.1) is 23.7 Å².